The fourth-order valence-corrected chi connectivity index (χ4v) is 3.60. The molecule has 2 aromatic carbocycles. The van der Waals surface area contributed by atoms with Crippen LogP contribution in [0.2, 0.25) is 10.0 Å². The van der Waals surface area contributed by atoms with E-state index in [4.69, 9.17) is 34.8 Å². The first-order valence-corrected chi connectivity index (χ1v) is 8.03. The van der Waals surface area contributed by atoms with E-state index >= 15 is 0 Å². The van der Waals surface area contributed by atoms with Crippen LogP contribution >= 0.6 is 57.4 Å². The molecule has 100 valence electrons. The van der Waals surface area contributed by atoms with Gasteiger partial charge in [0.2, 0.25) is 0 Å². The molecule has 0 amide bonds. The molecule has 0 bridgehead atoms. The largest absolute Gasteiger partial charge is 0.113 e. The molecule has 0 aliphatic carbocycles. The Labute approximate surface area is 142 Å². The van der Waals surface area contributed by atoms with Gasteiger partial charge in [-0.05, 0) is 83.0 Å². The van der Waals surface area contributed by atoms with E-state index in [1.165, 1.54) is 0 Å². The number of hydrogen-bond donors (Lipinski definition) is 0. The second-order valence-corrected chi connectivity index (χ2v) is 6.93. The fourth-order valence-electron chi connectivity index (χ4n) is 1.95. The first-order chi connectivity index (χ1) is 8.90. The summed E-state index contributed by atoms with van der Waals surface area (Å²) in [5.41, 5.74) is 4.22. The summed E-state index contributed by atoms with van der Waals surface area (Å²) in [7, 11) is 0. The molecule has 0 aliphatic heterocycles. The predicted molar refractivity (Wildman–Crippen MR) is 92.8 cm³/mol. The van der Waals surface area contributed by atoms with Gasteiger partial charge in [-0.2, -0.15) is 0 Å². The lowest BCUT2D eigenvalue weighted by molar-refractivity contribution is 1.09. The number of hydrogen-bond acceptors (Lipinski definition) is 0. The van der Waals surface area contributed by atoms with E-state index in [1.54, 1.807) is 0 Å². The van der Waals surface area contributed by atoms with Crippen LogP contribution in [0.4, 0.5) is 0 Å². The average molecular weight is 426 g/mol. The third-order valence-corrected chi connectivity index (χ3v) is 5.15. The van der Waals surface area contributed by atoms with Crippen LogP contribution in [0.25, 0.3) is 0 Å². The van der Waals surface area contributed by atoms with Crippen molar-refractivity contribution >= 4 is 57.4 Å². The van der Waals surface area contributed by atoms with Crippen molar-refractivity contribution in [2.24, 2.45) is 0 Å². The molecule has 1 atom stereocenters. The normalized spacial score (nSPS) is 12.5. The summed E-state index contributed by atoms with van der Waals surface area (Å²) in [5.74, 6) is 0. The van der Waals surface area contributed by atoms with E-state index < -0.39 is 0 Å². The van der Waals surface area contributed by atoms with E-state index in [0.29, 0.717) is 5.02 Å². The van der Waals surface area contributed by atoms with Gasteiger partial charge in [0.25, 0.3) is 0 Å². The Bertz CT molecular complexity index is 623. The Morgan fingerprint density at radius 3 is 2.32 bits per heavy atom. The first-order valence-electron chi connectivity index (χ1n) is 5.76. The maximum atomic E-state index is 6.63. The van der Waals surface area contributed by atoms with Crippen molar-refractivity contribution < 1.29 is 0 Å². The second-order valence-electron chi connectivity index (χ2n) is 4.49. The Morgan fingerprint density at radius 1 is 0.947 bits per heavy atom. The molecule has 0 radical (unpaired) electrons. The maximum Gasteiger partial charge on any atom is 0.0848 e. The Hall–Kier alpha value is 0.0400. The van der Waals surface area contributed by atoms with Crippen molar-refractivity contribution in [2.45, 2.75) is 19.2 Å². The van der Waals surface area contributed by atoms with E-state index in [2.05, 4.69) is 22.6 Å². The lowest BCUT2D eigenvalue weighted by atomic mass is 9.98. The molecule has 0 aliphatic rings. The quantitative estimate of drug-likeness (QED) is 0.378. The number of halogens is 4. The standard InChI is InChI=1S/C15H12Cl3I/c1-8-6-13(17)9(2)5-11(8)15(18)12-7-10(16)3-4-14(12)19/h3-7,15H,1-2H3. The third kappa shape index (κ3) is 3.38. The molecule has 0 aromatic heterocycles. The minimum Gasteiger partial charge on any atom is -0.113 e. The molecule has 1 unspecified atom stereocenters. The van der Waals surface area contributed by atoms with Crippen LogP contribution in [-0.2, 0) is 0 Å². The van der Waals surface area contributed by atoms with Gasteiger partial charge in [0.15, 0.2) is 0 Å². The molecule has 0 spiro atoms. The Morgan fingerprint density at radius 2 is 1.63 bits per heavy atom. The van der Waals surface area contributed by atoms with Crippen molar-refractivity contribution in [3.8, 4) is 0 Å². The van der Waals surface area contributed by atoms with E-state index in [9.17, 15) is 0 Å². The first kappa shape index (κ1) is 15.4. The van der Waals surface area contributed by atoms with Crippen molar-refractivity contribution in [1.82, 2.24) is 0 Å². The number of aryl methyl sites for hydroxylation is 2. The molecular weight excluding hydrogens is 413 g/mol. The molecule has 2 rings (SSSR count). The average Bonchev–Trinajstić information content (AvgIpc) is 2.36. The molecular formula is C15H12Cl3I. The van der Waals surface area contributed by atoms with Gasteiger partial charge in [0, 0.05) is 13.6 Å². The second kappa shape index (κ2) is 6.21. The fraction of sp³-hybridized carbons (Fsp3) is 0.200. The molecule has 2 aromatic rings. The van der Waals surface area contributed by atoms with Crippen molar-refractivity contribution in [2.75, 3.05) is 0 Å². The smallest absolute Gasteiger partial charge is 0.0848 e. The van der Waals surface area contributed by atoms with Gasteiger partial charge in [-0.25, -0.2) is 0 Å². The van der Waals surface area contributed by atoms with Crippen molar-refractivity contribution in [1.29, 1.82) is 0 Å². The van der Waals surface area contributed by atoms with Gasteiger partial charge in [-0.1, -0.05) is 29.3 Å². The van der Waals surface area contributed by atoms with Gasteiger partial charge in [-0.15, -0.1) is 11.6 Å². The molecule has 0 fully saturated rings. The third-order valence-electron chi connectivity index (χ3n) is 3.05. The molecule has 0 nitrogen and oxygen atoms in total. The summed E-state index contributed by atoms with van der Waals surface area (Å²) in [4.78, 5) is 0. The van der Waals surface area contributed by atoms with Crippen LogP contribution < -0.4 is 0 Å². The lowest BCUT2D eigenvalue weighted by Gasteiger charge is -2.16. The molecule has 19 heavy (non-hydrogen) atoms. The van der Waals surface area contributed by atoms with Gasteiger partial charge in [0.05, 0.1) is 5.38 Å². The monoisotopic (exact) mass is 424 g/mol. The maximum absolute atomic E-state index is 6.63. The summed E-state index contributed by atoms with van der Waals surface area (Å²) in [6.45, 7) is 4.01. The summed E-state index contributed by atoms with van der Waals surface area (Å²) < 4.78 is 1.11. The topological polar surface area (TPSA) is 0 Å². The minimum atomic E-state index is -0.221. The molecule has 0 heterocycles. The van der Waals surface area contributed by atoms with Crippen LogP contribution in [0.3, 0.4) is 0 Å². The Kier molecular flexibility index (Phi) is 5.04. The summed E-state index contributed by atoms with van der Waals surface area (Å²) in [6.07, 6.45) is 0. The van der Waals surface area contributed by atoms with E-state index in [-0.39, 0.29) is 5.38 Å². The highest BCUT2D eigenvalue weighted by molar-refractivity contribution is 14.1. The van der Waals surface area contributed by atoms with Crippen LogP contribution in [0.15, 0.2) is 30.3 Å². The molecule has 0 N–H and O–H groups in total. The number of rotatable bonds is 2. The van der Waals surface area contributed by atoms with Crippen LogP contribution in [0.1, 0.15) is 27.6 Å². The highest BCUT2D eigenvalue weighted by Crippen LogP contribution is 2.36. The van der Waals surface area contributed by atoms with Crippen LogP contribution in [-0.4, -0.2) is 0 Å². The van der Waals surface area contributed by atoms with Gasteiger partial charge in [-0.3, -0.25) is 0 Å². The molecule has 4 heteroatoms. The minimum absolute atomic E-state index is 0.221. The zero-order chi connectivity index (χ0) is 14.2. The Balaban J connectivity index is 2.52. The molecule has 0 saturated heterocycles. The van der Waals surface area contributed by atoms with E-state index in [1.807, 2.05) is 44.2 Å². The SMILES string of the molecule is Cc1cc(C(Cl)c2cc(Cl)ccc2I)c(C)cc1Cl. The summed E-state index contributed by atoms with van der Waals surface area (Å²) >= 11 is 21.1. The summed E-state index contributed by atoms with van der Waals surface area (Å²) in [6, 6.07) is 9.78. The van der Waals surface area contributed by atoms with Crippen molar-refractivity contribution in [3.05, 3.63) is 66.2 Å². The zero-order valence-corrected chi connectivity index (χ0v) is 14.9. The van der Waals surface area contributed by atoms with E-state index in [0.717, 1.165) is 30.8 Å². The number of alkyl halides is 1. The lowest BCUT2D eigenvalue weighted by Crippen LogP contribution is -2.00. The van der Waals surface area contributed by atoms with Crippen LogP contribution in [0.5, 0.6) is 0 Å². The highest BCUT2D eigenvalue weighted by atomic mass is 127. The van der Waals surface area contributed by atoms with Gasteiger partial charge >= 0.3 is 0 Å². The van der Waals surface area contributed by atoms with Gasteiger partial charge < -0.3 is 0 Å². The van der Waals surface area contributed by atoms with Crippen LogP contribution in [0, 0.1) is 17.4 Å². The number of benzene rings is 2. The zero-order valence-electron chi connectivity index (χ0n) is 10.5. The highest BCUT2D eigenvalue weighted by Gasteiger charge is 2.17. The van der Waals surface area contributed by atoms with Crippen molar-refractivity contribution in [3.63, 3.8) is 0 Å². The van der Waals surface area contributed by atoms with Gasteiger partial charge in [0.1, 0.15) is 0 Å². The molecule has 0 saturated carbocycles. The summed E-state index contributed by atoms with van der Waals surface area (Å²) in [5, 5.41) is 1.25. The predicted octanol–water partition coefficient (Wildman–Crippen LogP) is 6.54.